The third kappa shape index (κ3) is 8.56. The number of amides is 3. The summed E-state index contributed by atoms with van der Waals surface area (Å²) in [5.41, 5.74) is -1.72. The van der Waals surface area contributed by atoms with Gasteiger partial charge in [0.15, 0.2) is 6.61 Å². The zero-order chi connectivity index (χ0) is 33.1. The molecule has 1 N–H and O–H groups in total. The topological polar surface area (TPSA) is 108 Å². The Morgan fingerprint density at radius 3 is 2.38 bits per heavy atom. The molecule has 1 aromatic carbocycles. The quantitative estimate of drug-likeness (QED) is 0.433. The first kappa shape index (κ1) is 34.3. The fourth-order valence-corrected chi connectivity index (χ4v) is 5.53. The van der Waals surface area contributed by atoms with Crippen LogP contribution in [0.5, 0.6) is 5.75 Å². The first-order valence-corrected chi connectivity index (χ1v) is 15.4. The molecule has 0 radical (unpaired) electrons. The summed E-state index contributed by atoms with van der Waals surface area (Å²) < 4.78 is 52.6. The average molecular weight is 636 g/mol. The molecule has 0 aliphatic carbocycles. The van der Waals surface area contributed by atoms with Crippen LogP contribution in [0.2, 0.25) is 0 Å². The highest BCUT2D eigenvalue weighted by Crippen LogP contribution is 2.33. The predicted octanol–water partition coefficient (Wildman–Crippen LogP) is 4.48. The van der Waals surface area contributed by atoms with Crippen LogP contribution in [-0.4, -0.2) is 89.3 Å². The lowest BCUT2D eigenvalue weighted by Crippen LogP contribution is -2.56. The molecule has 2 aliphatic heterocycles. The van der Waals surface area contributed by atoms with Gasteiger partial charge in [-0.1, -0.05) is 34.6 Å². The zero-order valence-corrected chi connectivity index (χ0v) is 26.9. The van der Waals surface area contributed by atoms with Crippen molar-refractivity contribution in [2.45, 2.75) is 84.2 Å². The van der Waals surface area contributed by atoms with Gasteiger partial charge in [-0.05, 0) is 50.4 Å². The number of nitrogens with zero attached hydrogens (tertiary/aromatic N) is 4. The first-order valence-electron chi connectivity index (χ1n) is 15.4. The van der Waals surface area contributed by atoms with E-state index in [0.29, 0.717) is 44.3 Å². The van der Waals surface area contributed by atoms with Crippen molar-refractivity contribution in [3.8, 4) is 5.75 Å². The van der Waals surface area contributed by atoms with Crippen LogP contribution in [-0.2, 0) is 27.8 Å². The highest BCUT2D eigenvalue weighted by atomic mass is 19.4. The molecule has 13 heteroatoms. The molecule has 2 saturated heterocycles. The zero-order valence-electron chi connectivity index (χ0n) is 26.9. The van der Waals surface area contributed by atoms with Gasteiger partial charge < -0.3 is 29.2 Å². The van der Waals surface area contributed by atoms with Crippen molar-refractivity contribution in [2.75, 3.05) is 39.8 Å². The fourth-order valence-electron chi connectivity index (χ4n) is 5.53. The van der Waals surface area contributed by atoms with Crippen LogP contribution in [0.25, 0.3) is 0 Å². The first-order chi connectivity index (χ1) is 21.0. The van der Waals surface area contributed by atoms with E-state index < -0.39 is 35.6 Å². The molecule has 0 saturated carbocycles. The predicted molar refractivity (Wildman–Crippen MR) is 161 cm³/mol. The molecular weight excluding hydrogens is 591 g/mol. The molecule has 2 aromatic rings. The van der Waals surface area contributed by atoms with Crippen LogP contribution in [0.1, 0.15) is 81.5 Å². The van der Waals surface area contributed by atoms with Gasteiger partial charge in [-0.15, -0.1) is 0 Å². The number of rotatable bonds is 9. The van der Waals surface area contributed by atoms with E-state index in [4.69, 9.17) is 9.15 Å². The van der Waals surface area contributed by atoms with Crippen molar-refractivity contribution < 1.29 is 36.7 Å². The molecule has 0 bridgehead atoms. The number of benzene rings is 1. The SMILES string of the molecule is CC(C)C[C@@H](NC(=O)c1cc(C(F)(F)F)ccc1OCc1ncc(C(C)(C)C)o1)C(=O)N1CCC[C@@H]1C(=O)N1CCN(C)CC1. The summed E-state index contributed by atoms with van der Waals surface area (Å²) in [6.07, 6.45) is -1.76. The summed E-state index contributed by atoms with van der Waals surface area (Å²) in [6.45, 7) is 12.4. The van der Waals surface area contributed by atoms with E-state index in [1.165, 1.54) is 4.90 Å². The number of halogens is 3. The Morgan fingerprint density at radius 1 is 1.09 bits per heavy atom. The number of hydrogen-bond acceptors (Lipinski definition) is 7. The summed E-state index contributed by atoms with van der Waals surface area (Å²) in [6, 6.07) is 0.932. The lowest BCUT2D eigenvalue weighted by Gasteiger charge is -2.36. The van der Waals surface area contributed by atoms with E-state index in [9.17, 15) is 27.6 Å². The molecule has 10 nitrogen and oxygen atoms in total. The van der Waals surface area contributed by atoms with Gasteiger partial charge in [0.1, 0.15) is 23.6 Å². The van der Waals surface area contributed by atoms with Gasteiger partial charge in [-0.25, -0.2) is 4.98 Å². The van der Waals surface area contributed by atoms with Gasteiger partial charge >= 0.3 is 6.18 Å². The Balaban J connectivity index is 1.55. The Hall–Kier alpha value is -3.61. The van der Waals surface area contributed by atoms with Crippen LogP contribution in [0.15, 0.2) is 28.8 Å². The number of oxazole rings is 1. The summed E-state index contributed by atoms with van der Waals surface area (Å²) in [7, 11) is 1.99. The molecule has 2 aliphatic rings. The Kier molecular flexibility index (Phi) is 10.5. The molecule has 0 unspecified atom stereocenters. The normalized spacial score (nSPS) is 18.8. The second-order valence-electron chi connectivity index (χ2n) is 13.3. The van der Waals surface area contributed by atoms with Crippen molar-refractivity contribution in [3.05, 3.63) is 47.2 Å². The maximum Gasteiger partial charge on any atom is 0.416 e. The van der Waals surface area contributed by atoms with Gasteiger partial charge in [0.05, 0.1) is 17.3 Å². The van der Waals surface area contributed by atoms with Crippen molar-refractivity contribution >= 4 is 17.7 Å². The smallest absolute Gasteiger partial charge is 0.416 e. The number of nitrogens with one attached hydrogen (secondary N) is 1. The van der Waals surface area contributed by atoms with Crippen LogP contribution in [0.3, 0.4) is 0 Å². The van der Waals surface area contributed by atoms with Crippen LogP contribution < -0.4 is 10.1 Å². The molecule has 45 heavy (non-hydrogen) atoms. The summed E-state index contributed by atoms with van der Waals surface area (Å²) in [5, 5.41) is 2.68. The lowest BCUT2D eigenvalue weighted by atomic mass is 9.94. The molecule has 248 valence electrons. The van der Waals surface area contributed by atoms with Crippen molar-refractivity contribution in [3.63, 3.8) is 0 Å². The number of aromatic nitrogens is 1. The summed E-state index contributed by atoms with van der Waals surface area (Å²) in [4.78, 5) is 50.6. The minimum absolute atomic E-state index is 0.0343. The summed E-state index contributed by atoms with van der Waals surface area (Å²) in [5.74, 6) is -0.774. The average Bonchev–Trinajstić information content (AvgIpc) is 3.65. The molecule has 3 amide bonds. The standard InChI is InChI=1S/C32H44F3N5O5/c1-20(2)16-23(29(42)40-11-7-8-24(40)30(43)39-14-12-38(6)13-15-39)37-28(41)22-17-21(32(33,34)35)9-10-25(22)44-19-27-36-18-26(45-27)31(3,4)5/h9-10,17-18,20,23-24H,7-8,11-16,19H2,1-6H3,(H,37,41)/t23-,24-/m1/s1. The highest BCUT2D eigenvalue weighted by Gasteiger charge is 2.40. The van der Waals surface area contributed by atoms with E-state index in [0.717, 1.165) is 25.2 Å². The Labute approximate surface area is 262 Å². The molecule has 2 fully saturated rings. The molecular formula is C32H44F3N5O5. The number of hydrogen-bond donors (Lipinski definition) is 1. The Morgan fingerprint density at radius 2 is 1.78 bits per heavy atom. The van der Waals surface area contributed by atoms with Gasteiger partial charge in [0.25, 0.3) is 5.91 Å². The van der Waals surface area contributed by atoms with Crippen molar-refractivity contribution in [1.82, 2.24) is 25.0 Å². The van der Waals surface area contributed by atoms with E-state index in [-0.39, 0.29) is 47.5 Å². The molecule has 1 aromatic heterocycles. The van der Waals surface area contributed by atoms with E-state index in [2.05, 4.69) is 15.2 Å². The van der Waals surface area contributed by atoms with Crippen LogP contribution in [0, 0.1) is 5.92 Å². The molecule has 3 heterocycles. The number of likely N-dealkylation sites (tertiary alicyclic amines) is 1. The highest BCUT2D eigenvalue weighted by molar-refractivity contribution is 6.00. The molecule has 0 spiro atoms. The minimum Gasteiger partial charge on any atom is -0.483 e. The number of ether oxygens (including phenoxy) is 1. The monoisotopic (exact) mass is 635 g/mol. The number of piperazine rings is 1. The van der Waals surface area contributed by atoms with Crippen LogP contribution >= 0.6 is 0 Å². The number of carbonyl (C=O) groups excluding carboxylic acids is 3. The molecule has 2 atom stereocenters. The number of alkyl halides is 3. The van der Waals surface area contributed by atoms with Crippen molar-refractivity contribution in [2.24, 2.45) is 5.92 Å². The van der Waals surface area contributed by atoms with Gasteiger partial charge in [0, 0.05) is 38.1 Å². The minimum atomic E-state index is -4.71. The number of likely N-dealkylation sites (N-methyl/N-ethyl adjacent to an activating group) is 1. The lowest BCUT2D eigenvalue weighted by molar-refractivity contribution is -0.145. The fraction of sp³-hybridized carbons (Fsp3) is 0.625. The van der Waals surface area contributed by atoms with E-state index in [1.807, 2.05) is 41.7 Å². The molecule has 4 rings (SSSR count). The maximum absolute atomic E-state index is 13.9. The van der Waals surface area contributed by atoms with Gasteiger partial charge in [-0.2, -0.15) is 13.2 Å². The Bertz CT molecular complexity index is 1360. The van der Waals surface area contributed by atoms with Gasteiger partial charge in [-0.3, -0.25) is 14.4 Å². The third-order valence-corrected chi connectivity index (χ3v) is 8.14. The van der Waals surface area contributed by atoms with Crippen LogP contribution in [0.4, 0.5) is 13.2 Å². The van der Waals surface area contributed by atoms with E-state index in [1.54, 1.807) is 11.1 Å². The third-order valence-electron chi connectivity index (χ3n) is 8.14. The summed E-state index contributed by atoms with van der Waals surface area (Å²) >= 11 is 0. The second-order valence-corrected chi connectivity index (χ2v) is 13.3. The van der Waals surface area contributed by atoms with E-state index >= 15 is 0 Å². The van der Waals surface area contributed by atoms with Crippen molar-refractivity contribution in [1.29, 1.82) is 0 Å². The largest absolute Gasteiger partial charge is 0.483 e. The second kappa shape index (κ2) is 13.8. The number of carbonyl (C=O) groups is 3. The van der Waals surface area contributed by atoms with Gasteiger partial charge in [0.2, 0.25) is 17.7 Å². The maximum atomic E-state index is 13.9.